The first-order chi connectivity index (χ1) is 10.9. The molecule has 0 aliphatic carbocycles. The van der Waals surface area contributed by atoms with Crippen LogP contribution in [-0.2, 0) is 10.0 Å². The minimum absolute atomic E-state index is 0.0139. The summed E-state index contributed by atoms with van der Waals surface area (Å²) in [4.78, 5) is 13.7. The van der Waals surface area contributed by atoms with Gasteiger partial charge in [0.05, 0.1) is 10.6 Å². The van der Waals surface area contributed by atoms with Gasteiger partial charge in [0.15, 0.2) is 5.76 Å². The van der Waals surface area contributed by atoms with Crippen LogP contribution in [0, 0.1) is 0 Å². The average molecular weight is 395 g/mol. The molecule has 0 N–H and O–H groups in total. The Morgan fingerprint density at radius 3 is 2.43 bits per heavy atom. The molecule has 0 radical (unpaired) electrons. The number of thiophene rings is 1. The van der Waals surface area contributed by atoms with Crippen LogP contribution in [0.3, 0.4) is 0 Å². The van der Waals surface area contributed by atoms with Gasteiger partial charge in [0.2, 0.25) is 10.0 Å². The minimum atomic E-state index is -3.71. The first kappa shape index (κ1) is 16.8. The van der Waals surface area contributed by atoms with Gasteiger partial charge in [-0.15, -0.1) is 11.3 Å². The molecule has 1 fully saturated rings. The van der Waals surface area contributed by atoms with E-state index in [1.54, 1.807) is 17.0 Å². The Balaban J connectivity index is 1.71. The monoisotopic (exact) mass is 394 g/mol. The summed E-state index contributed by atoms with van der Waals surface area (Å²) in [6.45, 7) is 0.958. The first-order valence-corrected chi connectivity index (χ1v) is 9.68. The van der Waals surface area contributed by atoms with Crippen LogP contribution in [0.2, 0.25) is 8.67 Å². The van der Waals surface area contributed by atoms with Crippen molar-refractivity contribution < 1.29 is 17.6 Å². The number of hydrogen-bond donors (Lipinski definition) is 0. The van der Waals surface area contributed by atoms with Crippen molar-refractivity contribution in [3.63, 3.8) is 0 Å². The highest BCUT2D eigenvalue weighted by atomic mass is 35.5. The maximum atomic E-state index is 12.6. The second kappa shape index (κ2) is 6.45. The van der Waals surface area contributed by atoms with Gasteiger partial charge in [-0.2, -0.15) is 4.31 Å². The van der Waals surface area contributed by atoms with Gasteiger partial charge in [0.25, 0.3) is 5.91 Å². The molecule has 10 heteroatoms. The lowest BCUT2D eigenvalue weighted by Crippen LogP contribution is -2.50. The van der Waals surface area contributed by atoms with Crippen LogP contribution < -0.4 is 0 Å². The number of sulfonamides is 1. The third-order valence-electron chi connectivity index (χ3n) is 3.50. The third-order valence-corrected chi connectivity index (χ3v) is 7.15. The van der Waals surface area contributed by atoms with Crippen LogP contribution in [0.25, 0.3) is 0 Å². The van der Waals surface area contributed by atoms with E-state index < -0.39 is 10.0 Å². The molecule has 3 heterocycles. The Hall–Kier alpha value is -1.06. The second-order valence-electron chi connectivity index (χ2n) is 4.86. The Morgan fingerprint density at radius 1 is 1.22 bits per heavy atom. The fourth-order valence-electron chi connectivity index (χ4n) is 2.33. The molecular weight excluding hydrogens is 383 g/mol. The van der Waals surface area contributed by atoms with Gasteiger partial charge in [0.1, 0.15) is 9.23 Å². The van der Waals surface area contributed by atoms with E-state index in [2.05, 4.69) is 0 Å². The fourth-order valence-corrected chi connectivity index (χ4v) is 5.86. The molecule has 1 saturated heterocycles. The molecule has 124 valence electrons. The lowest BCUT2D eigenvalue weighted by molar-refractivity contribution is 0.0666. The molecule has 3 rings (SSSR count). The lowest BCUT2D eigenvalue weighted by atomic mass is 10.3. The van der Waals surface area contributed by atoms with Crippen LogP contribution in [-0.4, -0.2) is 49.7 Å². The summed E-state index contributed by atoms with van der Waals surface area (Å²) in [7, 11) is -3.71. The molecular formula is C13H12Cl2N2O4S2. The van der Waals surface area contributed by atoms with E-state index in [1.165, 1.54) is 16.6 Å². The maximum absolute atomic E-state index is 12.6. The zero-order chi connectivity index (χ0) is 16.6. The number of rotatable bonds is 3. The van der Waals surface area contributed by atoms with Gasteiger partial charge in [-0.1, -0.05) is 23.2 Å². The maximum Gasteiger partial charge on any atom is 0.289 e. The summed E-state index contributed by atoms with van der Waals surface area (Å²) in [5, 5.41) is 0. The van der Waals surface area contributed by atoms with Crippen molar-refractivity contribution in [1.82, 2.24) is 9.21 Å². The van der Waals surface area contributed by atoms with E-state index in [1.807, 2.05) is 0 Å². The van der Waals surface area contributed by atoms with E-state index in [0.717, 1.165) is 11.3 Å². The Kier molecular flexibility index (Phi) is 4.70. The van der Waals surface area contributed by atoms with E-state index in [-0.39, 0.29) is 47.1 Å². The SMILES string of the molecule is O=C(c1ccco1)N1CCN(S(=O)(=O)c2cc(Cl)sc2Cl)CC1. The molecule has 2 aromatic heterocycles. The van der Waals surface area contributed by atoms with Crippen molar-refractivity contribution in [3.8, 4) is 0 Å². The van der Waals surface area contributed by atoms with Crippen molar-refractivity contribution >= 4 is 50.5 Å². The van der Waals surface area contributed by atoms with Gasteiger partial charge in [-0.25, -0.2) is 8.42 Å². The predicted octanol–water partition coefficient (Wildman–Crippen LogP) is 2.79. The summed E-state index contributed by atoms with van der Waals surface area (Å²) in [5.41, 5.74) is 0. The van der Waals surface area contributed by atoms with Gasteiger partial charge >= 0.3 is 0 Å². The van der Waals surface area contributed by atoms with Crippen LogP contribution in [0.15, 0.2) is 33.8 Å². The van der Waals surface area contributed by atoms with Crippen molar-refractivity contribution in [2.75, 3.05) is 26.2 Å². The Bertz CT molecular complexity index is 809. The van der Waals surface area contributed by atoms with E-state index in [4.69, 9.17) is 27.6 Å². The van der Waals surface area contributed by atoms with Crippen LogP contribution in [0.4, 0.5) is 0 Å². The highest BCUT2D eigenvalue weighted by Crippen LogP contribution is 2.36. The second-order valence-corrected chi connectivity index (χ2v) is 9.05. The fraction of sp³-hybridized carbons (Fsp3) is 0.308. The number of piperazine rings is 1. The molecule has 0 bridgehead atoms. The molecule has 0 saturated carbocycles. The highest BCUT2D eigenvalue weighted by Gasteiger charge is 2.33. The number of amides is 1. The lowest BCUT2D eigenvalue weighted by Gasteiger charge is -2.33. The Labute approximate surface area is 147 Å². The standard InChI is InChI=1S/C13H12Cl2N2O4S2/c14-11-8-10(12(15)22-11)23(19,20)17-5-3-16(4-6-17)13(18)9-2-1-7-21-9/h1-2,7-8H,3-6H2. The van der Waals surface area contributed by atoms with Gasteiger partial charge < -0.3 is 9.32 Å². The van der Waals surface area contributed by atoms with E-state index in [9.17, 15) is 13.2 Å². The normalized spacial score (nSPS) is 16.7. The number of furan rings is 1. The first-order valence-electron chi connectivity index (χ1n) is 6.67. The zero-order valence-electron chi connectivity index (χ0n) is 11.7. The van der Waals surface area contributed by atoms with Crippen LogP contribution >= 0.6 is 34.5 Å². The molecule has 0 unspecified atom stereocenters. The molecule has 0 atom stereocenters. The van der Waals surface area contributed by atoms with Gasteiger partial charge in [-0.3, -0.25) is 4.79 Å². The molecule has 2 aromatic rings. The quantitative estimate of drug-likeness (QED) is 0.802. The van der Waals surface area contributed by atoms with Crippen LogP contribution in [0.1, 0.15) is 10.6 Å². The molecule has 1 amide bonds. The Morgan fingerprint density at radius 2 is 1.91 bits per heavy atom. The van der Waals surface area contributed by atoms with Gasteiger partial charge in [-0.05, 0) is 18.2 Å². The van der Waals surface area contributed by atoms with E-state index in [0.29, 0.717) is 4.34 Å². The van der Waals surface area contributed by atoms with E-state index >= 15 is 0 Å². The number of nitrogens with zero attached hydrogens (tertiary/aromatic N) is 2. The molecule has 6 nitrogen and oxygen atoms in total. The zero-order valence-corrected chi connectivity index (χ0v) is 14.9. The summed E-state index contributed by atoms with van der Waals surface area (Å²) in [5.74, 6) is -0.00220. The summed E-state index contributed by atoms with van der Waals surface area (Å²) in [6.07, 6.45) is 1.43. The summed E-state index contributed by atoms with van der Waals surface area (Å²) < 4.78 is 32.0. The van der Waals surface area contributed by atoms with Crippen molar-refractivity contribution in [2.24, 2.45) is 0 Å². The topological polar surface area (TPSA) is 70.8 Å². The largest absolute Gasteiger partial charge is 0.459 e. The predicted molar refractivity (Wildman–Crippen MR) is 87.7 cm³/mol. The minimum Gasteiger partial charge on any atom is -0.459 e. The highest BCUT2D eigenvalue weighted by molar-refractivity contribution is 7.89. The number of carbonyl (C=O) groups excluding carboxylic acids is 1. The van der Waals surface area contributed by atoms with Crippen molar-refractivity contribution in [2.45, 2.75) is 4.90 Å². The smallest absolute Gasteiger partial charge is 0.289 e. The average Bonchev–Trinajstić information content (AvgIpc) is 3.16. The number of hydrogen-bond acceptors (Lipinski definition) is 5. The third kappa shape index (κ3) is 3.27. The number of carbonyl (C=O) groups is 1. The molecule has 1 aliphatic heterocycles. The number of halogens is 2. The molecule has 0 aromatic carbocycles. The summed E-state index contributed by atoms with van der Waals surface area (Å²) in [6, 6.07) is 4.57. The molecule has 23 heavy (non-hydrogen) atoms. The van der Waals surface area contributed by atoms with Crippen molar-refractivity contribution in [1.29, 1.82) is 0 Å². The van der Waals surface area contributed by atoms with Gasteiger partial charge in [0, 0.05) is 26.2 Å². The molecule has 0 spiro atoms. The van der Waals surface area contributed by atoms with Crippen LogP contribution in [0.5, 0.6) is 0 Å². The molecule has 1 aliphatic rings. The van der Waals surface area contributed by atoms with Crippen molar-refractivity contribution in [3.05, 3.63) is 38.9 Å². The summed E-state index contributed by atoms with van der Waals surface area (Å²) >= 11 is 12.8.